The summed E-state index contributed by atoms with van der Waals surface area (Å²) in [5.74, 6) is 2.59. The van der Waals surface area contributed by atoms with Crippen molar-refractivity contribution >= 4 is 33.2 Å². The second-order valence-electron chi connectivity index (χ2n) is 9.36. The van der Waals surface area contributed by atoms with Gasteiger partial charge in [0.1, 0.15) is 10.7 Å². The van der Waals surface area contributed by atoms with Gasteiger partial charge < -0.3 is 5.32 Å². The number of hydrogen-bond donors (Lipinski definition) is 1. The Balaban J connectivity index is 1.23. The van der Waals surface area contributed by atoms with Gasteiger partial charge in [-0.25, -0.2) is 9.97 Å². The maximum absolute atomic E-state index is 6.84. The molecule has 4 heterocycles. The monoisotopic (exact) mass is 438 g/mol. The molecule has 3 aromatic rings. The summed E-state index contributed by atoms with van der Waals surface area (Å²) >= 11 is 8.53. The fourth-order valence-electron chi connectivity index (χ4n) is 5.61. The Bertz CT molecular complexity index is 1100. The zero-order valence-electron chi connectivity index (χ0n) is 17.4. The molecule has 2 bridgehead atoms. The molecule has 6 rings (SSSR count). The van der Waals surface area contributed by atoms with Gasteiger partial charge in [0.05, 0.1) is 5.69 Å². The highest BCUT2D eigenvalue weighted by Crippen LogP contribution is 2.57. The number of nitrogens with one attached hydrogen (secondary N) is 1. The molecule has 2 saturated heterocycles. The fraction of sp³-hybridized carbons (Fsp3) is 0.500. The molecule has 156 valence electrons. The number of thiophene rings is 1. The van der Waals surface area contributed by atoms with E-state index in [9.17, 15) is 0 Å². The molecule has 1 N–H and O–H groups in total. The number of piperidine rings is 1. The minimum Gasteiger partial charge on any atom is -0.312 e. The number of rotatable bonds is 4. The number of hydrogen-bond acceptors (Lipinski definition) is 5. The molecule has 0 unspecified atom stereocenters. The van der Waals surface area contributed by atoms with Crippen molar-refractivity contribution in [1.29, 1.82) is 0 Å². The first-order valence-electron chi connectivity index (χ1n) is 11.1. The van der Waals surface area contributed by atoms with Gasteiger partial charge in [-0.2, -0.15) is 0 Å². The zero-order chi connectivity index (χ0) is 20.4. The number of halogens is 1. The van der Waals surface area contributed by atoms with Gasteiger partial charge in [-0.3, -0.25) is 4.90 Å². The third-order valence-electron chi connectivity index (χ3n) is 7.32. The second-order valence-corrected chi connectivity index (χ2v) is 10.7. The van der Waals surface area contributed by atoms with E-state index in [1.807, 2.05) is 6.92 Å². The van der Waals surface area contributed by atoms with Crippen LogP contribution in [0.4, 0.5) is 0 Å². The molecule has 1 saturated carbocycles. The molecule has 5 atom stereocenters. The third-order valence-corrected chi connectivity index (χ3v) is 8.46. The van der Waals surface area contributed by atoms with Gasteiger partial charge >= 0.3 is 0 Å². The van der Waals surface area contributed by atoms with Crippen molar-refractivity contribution in [1.82, 2.24) is 20.2 Å². The van der Waals surface area contributed by atoms with Crippen molar-refractivity contribution in [3.8, 4) is 0 Å². The summed E-state index contributed by atoms with van der Waals surface area (Å²) in [6.45, 7) is 7.83. The molecular formula is C24H27ClN4S. The number of nitrogens with zero attached hydrogens (tertiary/aromatic N) is 3. The molecule has 0 amide bonds. The third kappa shape index (κ3) is 3.27. The number of aromatic nitrogens is 2. The predicted molar refractivity (Wildman–Crippen MR) is 124 cm³/mol. The zero-order valence-corrected chi connectivity index (χ0v) is 19.0. The molecule has 0 spiro atoms. The SMILES string of the molecule is Cc1nc([C@H]2C[C@@H]2c2ccc([C@H](C)N3C[C@@H]4CN[C@@H](C4)C3)cc2Cl)c2ccsc2n1. The number of benzene rings is 1. The van der Waals surface area contributed by atoms with Crippen LogP contribution < -0.4 is 5.32 Å². The van der Waals surface area contributed by atoms with E-state index in [-0.39, 0.29) is 0 Å². The highest BCUT2D eigenvalue weighted by Gasteiger charge is 2.43. The van der Waals surface area contributed by atoms with Crippen molar-refractivity contribution in [2.45, 2.75) is 50.6 Å². The fourth-order valence-corrected chi connectivity index (χ4v) is 6.76. The summed E-state index contributed by atoms with van der Waals surface area (Å²) in [6.07, 6.45) is 2.46. The molecule has 1 aromatic carbocycles. The molecule has 1 aliphatic carbocycles. The Hall–Kier alpha value is -1.53. The van der Waals surface area contributed by atoms with Gasteiger partial charge in [0.25, 0.3) is 0 Å². The van der Waals surface area contributed by atoms with E-state index in [1.165, 1.54) is 41.7 Å². The van der Waals surface area contributed by atoms with Crippen LogP contribution in [0.2, 0.25) is 5.02 Å². The van der Waals surface area contributed by atoms with Crippen LogP contribution in [0.15, 0.2) is 29.6 Å². The van der Waals surface area contributed by atoms with Crippen LogP contribution >= 0.6 is 22.9 Å². The van der Waals surface area contributed by atoms with Gasteiger partial charge in [0, 0.05) is 41.5 Å². The van der Waals surface area contributed by atoms with Crippen LogP contribution in [0.1, 0.15) is 60.3 Å². The van der Waals surface area contributed by atoms with Gasteiger partial charge in [0.15, 0.2) is 0 Å². The standard InChI is InChI=1S/C24H27ClN4S/c1-13(29-11-15-7-17(12-29)26-10-15)16-3-4-18(22(25)8-16)20-9-21(20)23-19-5-6-30-24(19)28-14(2)27-23/h3-6,8,13,15,17,20-21,26H,7,9-12H2,1-2H3/t13-,15-,17-,20+,21-/m0/s1. The van der Waals surface area contributed by atoms with Crippen molar-refractivity contribution in [3.05, 3.63) is 57.3 Å². The molecule has 2 aliphatic heterocycles. The molecule has 3 fully saturated rings. The van der Waals surface area contributed by atoms with Gasteiger partial charge in [-0.05, 0) is 73.7 Å². The molecule has 0 radical (unpaired) electrons. The van der Waals surface area contributed by atoms with Crippen molar-refractivity contribution in [2.24, 2.45) is 5.92 Å². The van der Waals surface area contributed by atoms with E-state index in [4.69, 9.17) is 16.6 Å². The average molecular weight is 439 g/mol. The first-order chi connectivity index (χ1) is 14.6. The normalized spacial score (nSPS) is 29.4. The lowest BCUT2D eigenvalue weighted by Gasteiger charge is -2.36. The summed E-state index contributed by atoms with van der Waals surface area (Å²) < 4.78 is 0. The summed E-state index contributed by atoms with van der Waals surface area (Å²) in [7, 11) is 0. The lowest BCUT2D eigenvalue weighted by Crippen LogP contribution is -2.42. The molecule has 4 nitrogen and oxygen atoms in total. The Morgan fingerprint density at radius 3 is 2.90 bits per heavy atom. The Labute approximate surface area is 186 Å². The van der Waals surface area contributed by atoms with Crippen LogP contribution in [0.25, 0.3) is 10.2 Å². The summed E-state index contributed by atoms with van der Waals surface area (Å²) in [6, 6.07) is 10.0. The van der Waals surface area contributed by atoms with E-state index in [0.29, 0.717) is 23.9 Å². The Morgan fingerprint density at radius 2 is 2.07 bits per heavy atom. The van der Waals surface area contributed by atoms with Gasteiger partial charge in [-0.1, -0.05) is 23.7 Å². The van der Waals surface area contributed by atoms with Crippen LogP contribution in [0.5, 0.6) is 0 Å². The molecule has 2 aromatic heterocycles. The summed E-state index contributed by atoms with van der Waals surface area (Å²) in [4.78, 5) is 13.1. The first-order valence-corrected chi connectivity index (χ1v) is 12.3. The number of likely N-dealkylation sites (tertiary alicyclic amines) is 1. The largest absolute Gasteiger partial charge is 0.312 e. The minimum absolute atomic E-state index is 0.409. The molecular weight excluding hydrogens is 412 g/mol. The van der Waals surface area contributed by atoms with Crippen molar-refractivity contribution in [3.63, 3.8) is 0 Å². The lowest BCUT2D eigenvalue weighted by molar-refractivity contribution is 0.146. The van der Waals surface area contributed by atoms with E-state index in [1.54, 1.807) is 11.3 Å². The maximum Gasteiger partial charge on any atom is 0.127 e. The van der Waals surface area contributed by atoms with E-state index in [0.717, 1.165) is 34.6 Å². The number of aryl methyl sites for hydroxylation is 1. The Kier molecular flexibility index (Phi) is 4.64. The maximum atomic E-state index is 6.84. The minimum atomic E-state index is 0.409. The number of fused-ring (bicyclic) bond motifs is 3. The quantitative estimate of drug-likeness (QED) is 0.601. The van der Waals surface area contributed by atoms with E-state index >= 15 is 0 Å². The van der Waals surface area contributed by atoms with Gasteiger partial charge in [0.2, 0.25) is 0 Å². The topological polar surface area (TPSA) is 41.1 Å². The average Bonchev–Trinajstić information content (AvgIpc) is 3.25. The molecule has 6 heteroatoms. The summed E-state index contributed by atoms with van der Waals surface area (Å²) in [5, 5.41) is 7.90. The predicted octanol–water partition coefficient (Wildman–Crippen LogP) is 5.28. The van der Waals surface area contributed by atoms with Crippen molar-refractivity contribution < 1.29 is 0 Å². The highest BCUT2D eigenvalue weighted by molar-refractivity contribution is 7.16. The van der Waals surface area contributed by atoms with Crippen LogP contribution in [0.3, 0.4) is 0 Å². The van der Waals surface area contributed by atoms with Crippen molar-refractivity contribution in [2.75, 3.05) is 19.6 Å². The first kappa shape index (κ1) is 19.2. The van der Waals surface area contributed by atoms with E-state index < -0.39 is 0 Å². The van der Waals surface area contributed by atoms with E-state index in [2.05, 4.69) is 51.8 Å². The van der Waals surface area contributed by atoms with Crippen LogP contribution in [-0.2, 0) is 0 Å². The summed E-state index contributed by atoms with van der Waals surface area (Å²) in [5.41, 5.74) is 3.81. The van der Waals surface area contributed by atoms with Crippen LogP contribution in [0, 0.1) is 12.8 Å². The second kappa shape index (κ2) is 7.27. The smallest absolute Gasteiger partial charge is 0.127 e. The Morgan fingerprint density at radius 1 is 1.17 bits per heavy atom. The van der Waals surface area contributed by atoms with Crippen LogP contribution in [-0.4, -0.2) is 40.5 Å². The molecule has 3 aliphatic rings. The lowest BCUT2D eigenvalue weighted by atomic mass is 9.95. The highest BCUT2D eigenvalue weighted by atomic mass is 35.5. The van der Waals surface area contributed by atoms with Gasteiger partial charge in [-0.15, -0.1) is 11.3 Å². The molecule has 30 heavy (non-hydrogen) atoms.